The van der Waals surface area contributed by atoms with E-state index in [-0.39, 0.29) is 11.8 Å². The zero-order valence-corrected chi connectivity index (χ0v) is 14.5. The first-order valence-electron chi connectivity index (χ1n) is 8.30. The fourth-order valence-corrected chi connectivity index (χ4v) is 3.18. The van der Waals surface area contributed by atoms with Crippen molar-refractivity contribution in [1.82, 2.24) is 4.90 Å². The van der Waals surface area contributed by atoms with Gasteiger partial charge < -0.3 is 10.6 Å². The molecule has 5 heteroatoms. The van der Waals surface area contributed by atoms with Gasteiger partial charge in [-0.2, -0.15) is 0 Å². The zero-order valence-electron chi connectivity index (χ0n) is 14.5. The van der Waals surface area contributed by atoms with E-state index in [0.29, 0.717) is 24.3 Å². The minimum atomic E-state index is -0.123. The van der Waals surface area contributed by atoms with Crippen LogP contribution in [0.15, 0.2) is 18.2 Å². The van der Waals surface area contributed by atoms with E-state index in [9.17, 15) is 9.59 Å². The number of aryl methyl sites for hydroxylation is 1. The highest BCUT2D eigenvalue weighted by Crippen LogP contribution is 2.23. The van der Waals surface area contributed by atoms with Crippen LogP contribution in [0.3, 0.4) is 0 Å². The fraction of sp³-hybridized carbons (Fsp3) is 0.556. The summed E-state index contributed by atoms with van der Waals surface area (Å²) in [6.07, 6.45) is 3.53. The maximum Gasteiger partial charge on any atom is 0.238 e. The van der Waals surface area contributed by atoms with E-state index in [4.69, 9.17) is 0 Å². The number of nitrogens with one attached hydrogen (secondary N) is 2. The lowest BCUT2D eigenvalue weighted by molar-refractivity contribution is -0.119. The molecule has 1 aliphatic rings. The molecule has 0 spiro atoms. The molecule has 0 radical (unpaired) electrons. The number of carbonyl (C=O) groups is 2. The Bertz CT molecular complexity index is 576. The molecule has 1 aromatic rings. The molecule has 0 aliphatic carbocycles. The van der Waals surface area contributed by atoms with Gasteiger partial charge in [-0.1, -0.05) is 12.5 Å². The van der Waals surface area contributed by atoms with E-state index >= 15 is 0 Å². The zero-order chi connectivity index (χ0) is 17.0. The molecule has 2 amide bonds. The Morgan fingerprint density at radius 2 is 1.83 bits per heavy atom. The van der Waals surface area contributed by atoms with Crippen LogP contribution in [0.1, 0.15) is 45.6 Å². The standard InChI is InChI=1S/C18H27N3O2/c1-12-8-9-16(19-15(4)22)10-17(12)20-18(23)11-21-13(2)6-5-7-14(21)3/h8-10,13-14H,5-7,11H2,1-4H3,(H,19,22)(H,20,23). The lowest BCUT2D eigenvalue weighted by Crippen LogP contribution is -2.47. The molecule has 0 saturated carbocycles. The second-order valence-corrected chi connectivity index (χ2v) is 6.56. The molecular weight excluding hydrogens is 290 g/mol. The fourth-order valence-electron chi connectivity index (χ4n) is 3.18. The van der Waals surface area contributed by atoms with Gasteiger partial charge in [0, 0.05) is 30.4 Å². The molecule has 1 aliphatic heterocycles. The average Bonchev–Trinajstić information content (AvgIpc) is 2.46. The Kier molecular flexibility index (Phi) is 5.77. The van der Waals surface area contributed by atoms with Crippen LogP contribution in [0.5, 0.6) is 0 Å². The predicted molar refractivity (Wildman–Crippen MR) is 93.6 cm³/mol. The van der Waals surface area contributed by atoms with Gasteiger partial charge in [-0.15, -0.1) is 0 Å². The van der Waals surface area contributed by atoms with Crippen molar-refractivity contribution in [3.63, 3.8) is 0 Å². The molecule has 0 aromatic heterocycles. The van der Waals surface area contributed by atoms with Gasteiger partial charge in [0.25, 0.3) is 0 Å². The van der Waals surface area contributed by atoms with Crippen LogP contribution in [-0.4, -0.2) is 35.3 Å². The van der Waals surface area contributed by atoms with E-state index in [0.717, 1.165) is 24.1 Å². The van der Waals surface area contributed by atoms with Gasteiger partial charge in [-0.25, -0.2) is 0 Å². The SMILES string of the molecule is CC(=O)Nc1ccc(C)c(NC(=O)CN2C(C)CCCC2C)c1. The Morgan fingerprint density at radius 1 is 1.17 bits per heavy atom. The molecule has 1 aromatic carbocycles. The smallest absolute Gasteiger partial charge is 0.238 e. The molecule has 2 atom stereocenters. The predicted octanol–water partition coefficient (Wildman–Crippen LogP) is 3.15. The van der Waals surface area contributed by atoms with Crippen molar-refractivity contribution in [2.45, 2.75) is 59.0 Å². The minimum absolute atomic E-state index is 0.00586. The maximum absolute atomic E-state index is 12.4. The molecule has 5 nitrogen and oxygen atoms in total. The topological polar surface area (TPSA) is 61.4 Å². The van der Waals surface area contributed by atoms with E-state index in [2.05, 4.69) is 29.4 Å². The number of nitrogens with zero attached hydrogens (tertiary/aromatic N) is 1. The monoisotopic (exact) mass is 317 g/mol. The molecule has 1 saturated heterocycles. The molecule has 0 bridgehead atoms. The first kappa shape index (κ1) is 17.5. The van der Waals surface area contributed by atoms with Crippen molar-refractivity contribution in [1.29, 1.82) is 0 Å². The third kappa shape index (κ3) is 4.79. The summed E-state index contributed by atoms with van der Waals surface area (Å²) in [5.41, 5.74) is 2.42. The Balaban J connectivity index is 2.03. The van der Waals surface area contributed by atoms with Crippen molar-refractivity contribution in [2.24, 2.45) is 0 Å². The van der Waals surface area contributed by atoms with Crippen molar-refractivity contribution in [3.05, 3.63) is 23.8 Å². The lowest BCUT2D eigenvalue weighted by Gasteiger charge is -2.38. The van der Waals surface area contributed by atoms with Gasteiger partial charge in [-0.05, 0) is 51.3 Å². The highest BCUT2D eigenvalue weighted by atomic mass is 16.2. The van der Waals surface area contributed by atoms with Gasteiger partial charge in [0.2, 0.25) is 11.8 Å². The normalized spacial score (nSPS) is 21.7. The Hall–Kier alpha value is -1.88. The van der Waals surface area contributed by atoms with E-state index < -0.39 is 0 Å². The van der Waals surface area contributed by atoms with Crippen molar-refractivity contribution in [3.8, 4) is 0 Å². The van der Waals surface area contributed by atoms with Crippen molar-refractivity contribution >= 4 is 23.2 Å². The summed E-state index contributed by atoms with van der Waals surface area (Å²) in [4.78, 5) is 25.8. The molecule has 1 fully saturated rings. The number of amides is 2. The highest BCUT2D eigenvalue weighted by Gasteiger charge is 2.26. The molecule has 23 heavy (non-hydrogen) atoms. The summed E-state index contributed by atoms with van der Waals surface area (Å²) in [5, 5.41) is 5.72. The van der Waals surface area contributed by atoms with Crippen molar-refractivity contribution in [2.75, 3.05) is 17.2 Å². The lowest BCUT2D eigenvalue weighted by atomic mass is 9.97. The summed E-state index contributed by atoms with van der Waals surface area (Å²) < 4.78 is 0. The molecule has 126 valence electrons. The third-order valence-corrected chi connectivity index (χ3v) is 4.53. The van der Waals surface area contributed by atoms with Gasteiger partial charge in [-0.3, -0.25) is 14.5 Å². The van der Waals surface area contributed by atoms with Gasteiger partial charge >= 0.3 is 0 Å². The van der Waals surface area contributed by atoms with Crippen LogP contribution in [0.4, 0.5) is 11.4 Å². The van der Waals surface area contributed by atoms with Crippen LogP contribution in [0, 0.1) is 6.92 Å². The number of anilines is 2. The molecule has 2 N–H and O–H groups in total. The number of piperidine rings is 1. The van der Waals surface area contributed by atoms with Gasteiger partial charge in [0.05, 0.1) is 6.54 Å². The summed E-state index contributed by atoms with van der Waals surface area (Å²) in [6, 6.07) is 6.42. The van der Waals surface area contributed by atoms with Gasteiger partial charge in [0.15, 0.2) is 0 Å². The molecule has 1 heterocycles. The summed E-state index contributed by atoms with van der Waals surface area (Å²) in [7, 11) is 0. The second-order valence-electron chi connectivity index (χ2n) is 6.56. The number of hydrogen-bond acceptors (Lipinski definition) is 3. The maximum atomic E-state index is 12.4. The number of benzene rings is 1. The third-order valence-electron chi connectivity index (χ3n) is 4.53. The molecular formula is C18H27N3O2. The second kappa shape index (κ2) is 7.59. The first-order valence-corrected chi connectivity index (χ1v) is 8.30. The molecule has 2 unspecified atom stereocenters. The summed E-state index contributed by atoms with van der Waals surface area (Å²) in [6.45, 7) is 8.19. The van der Waals surface area contributed by atoms with E-state index in [1.807, 2.05) is 19.1 Å². The highest BCUT2D eigenvalue weighted by molar-refractivity contribution is 5.95. The van der Waals surface area contributed by atoms with Crippen LogP contribution in [0.2, 0.25) is 0 Å². The van der Waals surface area contributed by atoms with Crippen LogP contribution < -0.4 is 10.6 Å². The largest absolute Gasteiger partial charge is 0.326 e. The number of likely N-dealkylation sites (tertiary alicyclic amines) is 1. The average molecular weight is 317 g/mol. The Morgan fingerprint density at radius 3 is 2.43 bits per heavy atom. The van der Waals surface area contributed by atoms with Gasteiger partial charge in [0.1, 0.15) is 0 Å². The van der Waals surface area contributed by atoms with Crippen LogP contribution in [0.25, 0.3) is 0 Å². The quantitative estimate of drug-likeness (QED) is 0.897. The van der Waals surface area contributed by atoms with E-state index in [1.54, 1.807) is 6.07 Å². The van der Waals surface area contributed by atoms with E-state index in [1.165, 1.54) is 13.3 Å². The summed E-state index contributed by atoms with van der Waals surface area (Å²) in [5.74, 6) is -0.129. The summed E-state index contributed by atoms with van der Waals surface area (Å²) >= 11 is 0. The number of hydrogen-bond donors (Lipinski definition) is 2. The Labute approximate surface area is 138 Å². The number of rotatable bonds is 4. The van der Waals surface area contributed by atoms with Crippen molar-refractivity contribution < 1.29 is 9.59 Å². The minimum Gasteiger partial charge on any atom is -0.326 e. The first-order chi connectivity index (χ1) is 10.9. The van der Waals surface area contributed by atoms with Crippen LogP contribution in [-0.2, 0) is 9.59 Å². The van der Waals surface area contributed by atoms with Crippen LogP contribution >= 0.6 is 0 Å². The molecule has 2 rings (SSSR count). The number of carbonyl (C=O) groups excluding carboxylic acids is 2.